The maximum atomic E-state index is 6.33. The number of hydrogen-bond acceptors (Lipinski definition) is 2. The van der Waals surface area contributed by atoms with Gasteiger partial charge in [-0.15, -0.1) is 0 Å². The zero-order chi connectivity index (χ0) is 13.3. The third kappa shape index (κ3) is 2.65. The smallest absolute Gasteiger partial charge is 0.0562 e. The van der Waals surface area contributed by atoms with Crippen molar-refractivity contribution in [2.24, 2.45) is 5.73 Å². The van der Waals surface area contributed by atoms with Crippen LogP contribution in [0.4, 0.5) is 0 Å². The molecular weight excluding hydrogens is 238 g/mol. The molecule has 1 nitrogen and oxygen atoms in total. The topological polar surface area (TPSA) is 26.0 Å². The van der Waals surface area contributed by atoms with Crippen LogP contribution in [0.1, 0.15) is 49.1 Å². The summed E-state index contributed by atoms with van der Waals surface area (Å²) in [4.78, 5) is 0. The Balaban J connectivity index is 2.28. The van der Waals surface area contributed by atoms with Crippen molar-refractivity contribution in [3.8, 4) is 0 Å². The van der Waals surface area contributed by atoms with Crippen molar-refractivity contribution in [2.45, 2.75) is 39.2 Å². The van der Waals surface area contributed by atoms with Crippen LogP contribution in [0.15, 0.2) is 35.0 Å². The van der Waals surface area contributed by atoms with Gasteiger partial charge in [0.2, 0.25) is 0 Å². The fraction of sp³-hybridized carbons (Fsp3) is 0.375. The Hall–Kier alpha value is -1.12. The largest absolute Gasteiger partial charge is 0.320 e. The molecule has 0 radical (unpaired) electrons. The summed E-state index contributed by atoms with van der Waals surface area (Å²) in [5.74, 6) is 0. The van der Waals surface area contributed by atoms with Crippen LogP contribution in [0.5, 0.6) is 0 Å². The molecular formula is C16H21NS. The highest BCUT2D eigenvalue weighted by Gasteiger charge is 2.15. The lowest BCUT2D eigenvalue weighted by Crippen LogP contribution is -2.14. The first-order chi connectivity index (χ1) is 8.39. The molecule has 1 aromatic heterocycles. The van der Waals surface area contributed by atoms with E-state index in [9.17, 15) is 0 Å². The Bertz CT molecular complexity index is 517. The first kappa shape index (κ1) is 13.3. The van der Waals surface area contributed by atoms with Gasteiger partial charge >= 0.3 is 0 Å². The van der Waals surface area contributed by atoms with E-state index in [2.05, 4.69) is 62.7 Å². The Morgan fingerprint density at radius 3 is 2.11 bits per heavy atom. The zero-order valence-corrected chi connectivity index (χ0v) is 12.3. The predicted molar refractivity (Wildman–Crippen MR) is 80.2 cm³/mol. The fourth-order valence-corrected chi connectivity index (χ4v) is 2.95. The van der Waals surface area contributed by atoms with Gasteiger partial charge in [0.25, 0.3) is 0 Å². The van der Waals surface area contributed by atoms with Crippen LogP contribution in [0.25, 0.3) is 0 Å². The lowest BCUT2D eigenvalue weighted by atomic mass is 9.86. The maximum Gasteiger partial charge on any atom is 0.0562 e. The van der Waals surface area contributed by atoms with Crippen molar-refractivity contribution in [3.05, 3.63) is 57.3 Å². The van der Waals surface area contributed by atoms with E-state index >= 15 is 0 Å². The van der Waals surface area contributed by atoms with E-state index < -0.39 is 0 Å². The van der Waals surface area contributed by atoms with E-state index in [0.717, 1.165) is 0 Å². The van der Waals surface area contributed by atoms with E-state index in [4.69, 9.17) is 5.73 Å². The molecule has 18 heavy (non-hydrogen) atoms. The van der Waals surface area contributed by atoms with Crippen molar-refractivity contribution in [3.63, 3.8) is 0 Å². The summed E-state index contributed by atoms with van der Waals surface area (Å²) in [6.07, 6.45) is 0. The molecule has 0 bridgehead atoms. The molecule has 0 aliphatic rings. The number of benzene rings is 1. The molecule has 1 atom stereocenters. The van der Waals surface area contributed by atoms with Crippen LogP contribution in [-0.4, -0.2) is 0 Å². The summed E-state index contributed by atoms with van der Waals surface area (Å²) in [6, 6.07) is 8.68. The number of nitrogens with two attached hydrogens (primary N) is 1. The normalized spacial score (nSPS) is 13.6. The van der Waals surface area contributed by atoms with Crippen LogP contribution >= 0.6 is 11.3 Å². The van der Waals surface area contributed by atoms with Crippen molar-refractivity contribution >= 4 is 11.3 Å². The number of aryl methyl sites for hydroxylation is 1. The molecule has 2 heteroatoms. The SMILES string of the molecule is Cc1cscc1C(N)c1ccc(C(C)(C)C)cc1. The minimum absolute atomic E-state index is 0.00901. The van der Waals surface area contributed by atoms with Gasteiger partial charge in [-0.05, 0) is 45.4 Å². The van der Waals surface area contributed by atoms with Crippen molar-refractivity contribution in [1.29, 1.82) is 0 Å². The summed E-state index contributed by atoms with van der Waals surface area (Å²) < 4.78 is 0. The molecule has 1 aromatic carbocycles. The first-order valence-electron chi connectivity index (χ1n) is 6.28. The Morgan fingerprint density at radius 1 is 1.06 bits per heavy atom. The molecule has 2 N–H and O–H groups in total. The highest BCUT2D eigenvalue weighted by atomic mass is 32.1. The van der Waals surface area contributed by atoms with Gasteiger partial charge in [0, 0.05) is 0 Å². The fourth-order valence-electron chi connectivity index (χ4n) is 2.06. The molecule has 1 heterocycles. The first-order valence-corrected chi connectivity index (χ1v) is 7.22. The Morgan fingerprint density at radius 2 is 1.67 bits per heavy atom. The molecule has 0 aliphatic heterocycles. The van der Waals surface area contributed by atoms with Gasteiger partial charge in [0.15, 0.2) is 0 Å². The van der Waals surface area contributed by atoms with Gasteiger partial charge in [-0.25, -0.2) is 0 Å². The third-order valence-corrected chi connectivity index (χ3v) is 4.25. The molecule has 0 aliphatic carbocycles. The van der Waals surface area contributed by atoms with Gasteiger partial charge in [0.05, 0.1) is 6.04 Å². The lowest BCUT2D eigenvalue weighted by molar-refractivity contribution is 0.589. The second-order valence-electron chi connectivity index (χ2n) is 5.86. The number of rotatable bonds is 2. The number of hydrogen-bond donors (Lipinski definition) is 1. The summed E-state index contributed by atoms with van der Waals surface area (Å²) in [6.45, 7) is 8.80. The van der Waals surface area contributed by atoms with Crippen molar-refractivity contribution < 1.29 is 0 Å². The van der Waals surface area contributed by atoms with E-state index in [1.807, 2.05) is 0 Å². The van der Waals surface area contributed by atoms with Gasteiger partial charge < -0.3 is 5.73 Å². The molecule has 0 saturated heterocycles. The van der Waals surface area contributed by atoms with E-state index in [1.165, 1.54) is 22.3 Å². The highest BCUT2D eigenvalue weighted by Crippen LogP contribution is 2.28. The van der Waals surface area contributed by atoms with Gasteiger partial charge in [-0.3, -0.25) is 0 Å². The summed E-state index contributed by atoms with van der Waals surface area (Å²) in [5.41, 5.74) is 11.6. The Kier molecular flexibility index (Phi) is 3.60. The second kappa shape index (κ2) is 4.87. The molecule has 2 aromatic rings. The predicted octanol–water partition coefficient (Wildman–Crippen LogP) is 4.40. The highest BCUT2D eigenvalue weighted by molar-refractivity contribution is 7.08. The lowest BCUT2D eigenvalue weighted by Gasteiger charge is -2.20. The quantitative estimate of drug-likeness (QED) is 0.850. The van der Waals surface area contributed by atoms with Crippen molar-refractivity contribution in [2.75, 3.05) is 0 Å². The standard InChI is InChI=1S/C16H21NS/c1-11-9-18-10-14(11)15(17)12-5-7-13(8-6-12)16(2,3)4/h5-10,15H,17H2,1-4H3. The van der Waals surface area contributed by atoms with Crippen LogP contribution < -0.4 is 5.73 Å². The van der Waals surface area contributed by atoms with Crippen LogP contribution in [0, 0.1) is 6.92 Å². The average Bonchev–Trinajstić information content (AvgIpc) is 2.73. The molecule has 96 valence electrons. The zero-order valence-electron chi connectivity index (χ0n) is 11.5. The van der Waals surface area contributed by atoms with Crippen LogP contribution in [0.2, 0.25) is 0 Å². The summed E-state index contributed by atoms with van der Waals surface area (Å²) >= 11 is 1.72. The molecule has 0 fully saturated rings. The van der Waals surface area contributed by atoms with Gasteiger partial charge in [-0.2, -0.15) is 11.3 Å². The summed E-state index contributed by atoms with van der Waals surface area (Å²) in [7, 11) is 0. The minimum Gasteiger partial charge on any atom is -0.320 e. The van der Waals surface area contributed by atoms with Gasteiger partial charge in [0.1, 0.15) is 0 Å². The van der Waals surface area contributed by atoms with Crippen LogP contribution in [-0.2, 0) is 5.41 Å². The minimum atomic E-state index is -0.00901. The van der Waals surface area contributed by atoms with Crippen LogP contribution in [0.3, 0.4) is 0 Å². The molecule has 0 spiro atoms. The average molecular weight is 259 g/mol. The van der Waals surface area contributed by atoms with E-state index in [1.54, 1.807) is 11.3 Å². The molecule has 0 saturated carbocycles. The van der Waals surface area contributed by atoms with E-state index in [-0.39, 0.29) is 11.5 Å². The number of thiophene rings is 1. The molecule has 2 rings (SSSR count). The Labute approximate surface area is 114 Å². The monoisotopic (exact) mass is 259 g/mol. The maximum absolute atomic E-state index is 6.33. The van der Waals surface area contributed by atoms with E-state index in [0.29, 0.717) is 0 Å². The second-order valence-corrected chi connectivity index (χ2v) is 6.60. The van der Waals surface area contributed by atoms with Crippen molar-refractivity contribution in [1.82, 2.24) is 0 Å². The molecule has 0 amide bonds. The molecule has 1 unspecified atom stereocenters. The third-order valence-electron chi connectivity index (χ3n) is 3.37. The van der Waals surface area contributed by atoms with Gasteiger partial charge in [-0.1, -0.05) is 45.0 Å². The summed E-state index contributed by atoms with van der Waals surface area (Å²) in [5, 5.41) is 4.30.